The molecule has 3 N–H and O–H groups in total. The molecule has 0 spiro atoms. The van der Waals surface area contributed by atoms with Crippen molar-refractivity contribution >= 4 is 16.9 Å². The molecule has 2 heterocycles. The summed E-state index contributed by atoms with van der Waals surface area (Å²) in [5.74, 6) is 0.841. The van der Waals surface area contributed by atoms with Gasteiger partial charge in [-0.3, -0.25) is 4.68 Å². The summed E-state index contributed by atoms with van der Waals surface area (Å²) in [5, 5.41) is 8.42. The average Bonchev–Trinajstić information content (AvgIpc) is 2.67. The van der Waals surface area contributed by atoms with Crippen molar-refractivity contribution in [3.63, 3.8) is 0 Å². The first-order valence-electron chi connectivity index (χ1n) is 5.80. The first-order valence-corrected chi connectivity index (χ1v) is 5.80. The van der Waals surface area contributed by atoms with Crippen molar-refractivity contribution in [2.24, 2.45) is 12.8 Å². The minimum Gasteiger partial charge on any atom is -0.369 e. The van der Waals surface area contributed by atoms with Crippen LogP contribution in [-0.4, -0.2) is 32.3 Å². The van der Waals surface area contributed by atoms with Gasteiger partial charge in [-0.15, -0.1) is 0 Å². The fourth-order valence-electron chi connectivity index (χ4n) is 1.73. The van der Waals surface area contributed by atoms with Crippen LogP contribution in [0.15, 0.2) is 12.5 Å². The molecule has 0 aliphatic rings. The molecule has 0 aliphatic heterocycles. The van der Waals surface area contributed by atoms with Crippen LogP contribution < -0.4 is 11.1 Å². The molecule has 1 atom stereocenters. The lowest BCUT2D eigenvalue weighted by atomic mass is 10.2. The van der Waals surface area contributed by atoms with Crippen LogP contribution in [0, 0.1) is 0 Å². The third-order valence-corrected chi connectivity index (χ3v) is 2.66. The Kier molecular flexibility index (Phi) is 3.53. The summed E-state index contributed by atoms with van der Waals surface area (Å²) in [6.45, 7) is 2.88. The van der Waals surface area contributed by atoms with Crippen LogP contribution in [0.25, 0.3) is 11.0 Å². The van der Waals surface area contributed by atoms with Crippen LogP contribution in [0.4, 0.5) is 5.82 Å². The normalized spacial score (nSPS) is 12.9. The quantitative estimate of drug-likeness (QED) is 0.751. The predicted octanol–water partition coefficient (Wildman–Crippen LogP) is 0.903. The lowest BCUT2D eigenvalue weighted by Gasteiger charge is -2.07. The van der Waals surface area contributed by atoms with Gasteiger partial charge < -0.3 is 11.1 Å². The number of aryl methyl sites for hydroxylation is 1. The molecule has 6 heteroatoms. The number of hydrogen-bond acceptors (Lipinski definition) is 5. The number of nitrogens with one attached hydrogen (secondary N) is 1. The summed E-state index contributed by atoms with van der Waals surface area (Å²) >= 11 is 0. The van der Waals surface area contributed by atoms with E-state index in [-0.39, 0.29) is 6.04 Å². The van der Waals surface area contributed by atoms with Crippen molar-refractivity contribution in [2.45, 2.75) is 25.8 Å². The largest absolute Gasteiger partial charge is 0.369 e. The number of aromatic nitrogens is 4. The Balaban J connectivity index is 2.03. The van der Waals surface area contributed by atoms with E-state index in [0.717, 1.165) is 36.2 Å². The standard InChI is InChI=1S/C11H18N6/c1-8(12)4-3-5-13-10-9-6-16-17(2)11(9)15-7-14-10/h6-8H,3-5,12H2,1-2H3,(H,13,14,15). The molecule has 2 aromatic heterocycles. The maximum Gasteiger partial charge on any atom is 0.163 e. The fraction of sp³-hybridized carbons (Fsp3) is 0.545. The van der Waals surface area contributed by atoms with E-state index in [9.17, 15) is 0 Å². The number of nitrogens with two attached hydrogens (primary N) is 1. The molecule has 92 valence electrons. The highest BCUT2D eigenvalue weighted by molar-refractivity contribution is 5.85. The molecule has 0 saturated heterocycles. The zero-order chi connectivity index (χ0) is 12.3. The molecule has 0 amide bonds. The molecule has 6 nitrogen and oxygen atoms in total. The minimum atomic E-state index is 0.251. The highest BCUT2D eigenvalue weighted by atomic mass is 15.3. The van der Waals surface area contributed by atoms with Crippen LogP contribution in [0.2, 0.25) is 0 Å². The van der Waals surface area contributed by atoms with Crippen LogP contribution in [-0.2, 0) is 7.05 Å². The Morgan fingerprint density at radius 3 is 3.06 bits per heavy atom. The van der Waals surface area contributed by atoms with Gasteiger partial charge in [-0.25, -0.2) is 9.97 Å². The van der Waals surface area contributed by atoms with Gasteiger partial charge in [0.2, 0.25) is 0 Å². The van der Waals surface area contributed by atoms with Gasteiger partial charge in [0, 0.05) is 19.6 Å². The van der Waals surface area contributed by atoms with Crippen LogP contribution in [0.3, 0.4) is 0 Å². The predicted molar refractivity (Wildman–Crippen MR) is 67.7 cm³/mol. The third-order valence-electron chi connectivity index (χ3n) is 2.66. The Labute approximate surface area is 100 Å². The zero-order valence-electron chi connectivity index (χ0n) is 10.2. The maximum atomic E-state index is 5.70. The molecule has 1 unspecified atom stereocenters. The molecule has 2 rings (SSSR count). The van der Waals surface area contributed by atoms with Gasteiger partial charge in [-0.2, -0.15) is 5.10 Å². The first-order chi connectivity index (χ1) is 8.18. The Morgan fingerprint density at radius 2 is 2.29 bits per heavy atom. The van der Waals surface area contributed by atoms with Gasteiger partial charge in [0.05, 0.1) is 11.6 Å². The molecule has 0 fully saturated rings. The second kappa shape index (κ2) is 5.09. The third kappa shape index (κ3) is 2.71. The highest BCUT2D eigenvalue weighted by Crippen LogP contribution is 2.17. The van der Waals surface area contributed by atoms with Crippen LogP contribution >= 0.6 is 0 Å². The van der Waals surface area contributed by atoms with Crippen molar-refractivity contribution in [1.82, 2.24) is 19.7 Å². The molecule has 0 bridgehead atoms. The first kappa shape index (κ1) is 11.8. The topological polar surface area (TPSA) is 81.7 Å². The van der Waals surface area contributed by atoms with Crippen LogP contribution in [0.5, 0.6) is 0 Å². The Bertz CT molecular complexity index is 490. The van der Waals surface area contributed by atoms with Gasteiger partial charge in [0.1, 0.15) is 12.1 Å². The summed E-state index contributed by atoms with van der Waals surface area (Å²) in [4.78, 5) is 8.42. The molecule has 2 aromatic rings. The molecule has 17 heavy (non-hydrogen) atoms. The number of nitrogens with zero attached hydrogens (tertiary/aromatic N) is 4. The molecular weight excluding hydrogens is 216 g/mol. The Hall–Kier alpha value is -1.69. The highest BCUT2D eigenvalue weighted by Gasteiger charge is 2.06. The number of hydrogen-bond donors (Lipinski definition) is 2. The van der Waals surface area contributed by atoms with Gasteiger partial charge >= 0.3 is 0 Å². The second-order valence-electron chi connectivity index (χ2n) is 4.27. The molecular formula is C11H18N6. The average molecular weight is 234 g/mol. The van der Waals surface area contributed by atoms with Crippen molar-refractivity contribution in [2.75, 3.05) is 11.9 Å². The van der Waals surface area contributed by atoms with Gasteiger partial charge in [-0.1, -0.05) is 0 Å². The Morgan fingerprint density at radius 1 is 1.47 bits per heavy atom. The SMILES string of the molecule is CC(N)CCCNc1ncnc2c1cnn2C. The number of fused-ring (bicyclic) bond motifs is 1. The maximum absolute atomic E-state index is 5.70. The summed E-state index contributed by atoms with van der Waals surface area (Å²) in [6, 6.07) is 0.251. The summed E-state index contributed by atoms with van der Waals surface area (Å²) in [5.41, 5.74) is 6.54. The lowest BCUT2D eigenvalue weighted by molar-refractivity contribution is 0.639. The number of rotatable bonds is 5. The van der Waals surface area contributed by atoms with Crippen molar-refractivity contribution in [1.29, 1.82) is 0 Å². The summed E-state index contributed by atoms with van der Waals surface area (Å²) in [7, 11) is 1.87. The van der Waals surface area contributed by atoms with E-state index in [0.29, 0.717) is 0 Å². The van der Waals surface area contributed by atoms with E-state index >= 15 is 0 Å². The van der Waals surface area contributed by atoms with Crippen molar-refractivity contribution in [3.8, 4) is 0 Å². The molecule has 0 radical (unpaired) electrons. The number of anilines is 1. The smallest absolute Gasteiger partial charge is 0.163 e. The van der Waals surface area contributed by atoms with E-state index in [1.54, 1.807) is 17.2 Å². The summed E-state index contributed by atoms with van der Waals surface area (Å²) < 4.78 is 1.74. The second-order valence-corrected chi connectivity index (χ2v) is 4.27. The lowest BCUT2D eigenvalue weighted by Crippen LogP contribution is -2.16. The fourth-order valence-corrected chi connectivity index (χ4v) is 1.73. The van der Waals surface area contributed by atoms with E-state index in [1.165, 1.54) is 0 Å². The van der Waals surface area contributed by atoms with Crippen molar-refractivity contribution in [3.05, 3.63) is 12.5 Å². The summed E-state index contributed by atoms with van der Waals surface area (Å²) in [6.07, 6.45) is 5.37. The monoisotopic (exact) mass is 234 g/mol. The van der Waals surface area contributed by atoms with Gasteiger partial charge in [0.15, 0.2) is 5.65 Å². The van der Waals surface area contributed by atoms with Gasteiger partial charge in [0.25, 0.3) is 0 Å². The van der Waals surface area contributed by atoms with Gasteiger partial charge in [-0.05, 0) is 19.8 Å². The minimum absolute atomic E-state index is 0.251. The molecule has 0 aromatic carbocycles. The van der Waals surface area contributed by atoms with Crippen LogP contribution in [0.1, 0.15) is 19.8 Å². The van der Waals surface area contributed by atoms with Crippen molar-refractivity contribution < 1.29 is 0 Å². The van der Waals surface area contributed by atoms with E-state index in [2.05, 4.69) is 20.4 Å². The zero-order valence-corrected chi connectivity index (χ0v) is 10.2. The van der Waals surface area contributed by atoms with E-state index < -0.39 is 0 Å². The molecule has 0 aliphatic carbocycles. The molecule has 0 saturated carbocycles. The van der Waals surface area contributed by atoms with E-state index in [4.69, 9.17) is 5.73 Å². The van der Waals surface area contributed by atoms with E-state index in [1.807, 2.05) is 14.0 Å².